The second-order valence-corrected chi connectivity index (χ2v) is 8.44. The van der Waals surface area contributed by atoms with Crippen LogP contribution in [0.1, 0.15) is 16.8 Å². The van der Waals surface area contributed by atoms with Crippen LogP contribution in [0.15, 0.2) is 29.2 Å². The van der Waals surface area contributed by atoms with E-state index in [2.05, 4.69) is 9.62 Å². The van der Waals surface area contributed by atoms with Crippen LogP contribution in [0.2, 0.25) is 0 Å². The zero-order chi connectivity index (χ0) is 18.4. The molecule has 1 saturated heterocycles. The van der Waals surface area contributed by atoms with Crippen molar-refractivity contribution in [2.75, 3.05) is 60.4 Å². The highest BCUT2D eigenvalue weighted by Crippen LogP contribution is 2.13. The van der Waals surface area contributed by atoms with Crippen molar-refractivity contribution in [1.29, 1.82) is 0 Å². The fourth-order valence-corrected chi connectivity index (χ4v) is 3.73. The molecule has 0 aromatic heterocycles. The fourth-order valence-electron chi connectivity index (χ4n) is 2.65. The van der Waals surface area contributed by atoms with Crippen LogP contribution >= 0.6 is 0 Å². The molecule has 1 aromatic carbocycles. The van der Waals surface area contributed by atoms with Gasteiger partial charge in [0.15, 0.2) is 0 Å². The first kappa shape index (κ1) is 19.8. The van der Waals surface area contributed by atoms with E-state index in [4.69, 9.17) is 0 Å². The molecule has 1 aromatic rings. The van der Waals surface area contributed by atoms with E-state index in [-0.39, 0.29) is 10.8 Å². The van der Waals surface area contributed by atoms with Crippen LogP contribution in [0, 0.1) is 0 Å². The Morgan fingerprint density at radius 3 is 2.28 bits per heavy atom. The lowest BCUT2D eigenvalue weighted by Crippen LogP contribution is -2.47. The third-order valence-corrected chi connectivity index (χ3v) is 5.75. The Hall–Kier alpha value is -1.48. The van der Waals surface area contributed by atoms with E-state index in [1.165, 1.54) is 12.1 Å². The highest BCUT2D eigenvalue weighted by atomic mass is 32.2. The Labute approximate surface area is 150 Å². The average molecular weight is 369 g/mol. The molecule has 1 fully saturated rings. The lowest BCUT2D eigenvalue weighted by atomic mass is 10.2. The average Bonchev–Trinajstić information content (AvgIpc) is 2.59. The quantitative estimate of drug-likeness (QED) is 0.701. The molecule has 1 aliphatic heterocycles. The molecule has 0 spiro atoms. The molecular formula is C17H28N4O3S. The number of amides is 1. The van der Waals surface area contributed by atoms with Crippen LogP contribution in [0.3, 0.4) is 0 Å². The second-order valence-electron chi connectivity index (χ2n) is 6.67. The zero-order valence-electron chi connectivity index (χ0n) is 15.2. The number of benzene rings is 1. The maximum Gasteiger partial charge on any atom is 0.253 e. The van der Waals surface area contributed by atoms with E-state index in [9.17, 15) is 13.2 Å². The molecule has 25 heavy (non-hydrogen) atoms. The van der Waals surface area contributed by atoms with Gasteiger partial charge in [0.25, 0.3) is 5.91 Å². The van der Waals surface area contributed by atoms with Gasteiger partial charge in [-0.15, -0.1) is 0 Å². The smallest absolute Gasteiger partial charge is 0.253 e. The van der Waals surface area contributed by atoms with Crippen LogP contribution in [0.25, 0.3) is 0 Å². The Kier molecular flexibility index (Phi) is 6.95. The van der Waals surface area contributed by atoms with Gasteiger partial charge < -0.3 is 14.7 Å². The molecule has 0 bridgehead atoms. The predicted octanol–water partition coefficient (Wildman–Crippen LogP) is 0.304. The Morgan fingerprint density at radius 2 is 1.72 bits per heavy atom. The van der Waals surface area contributed by atoms with Crippen LogP contribution in [0.4, 0.5) is 0 Å². The van der Waals surface area contributed by atoms with Crippen molar-refractivity contribution in [1.82, 2.24) is 19.4 Å². The van der Waals surface area contributed by atoms with Gasteiger partial charge in [-0.1, -0.05) is 0 Å². The van der Waals surface area contributed by atoms with Crippen LogP contribution in [-0.4, -0.2) is 89.4 Å². The minimum absolute atomic E-state index is 0.0454. The summed E-state index contributed by atoms with van der Waals surface area (Å²) in [7, 11) is 2.40. The van der Waals surface area contributed by atoms with Crippen LogP contribution < -0.4 is 4.72 Å². The molecule has 8 heteroatoms. The number of hydrogen-bond donors (Lipinski definition) is 1. The Balaban J connectivity index is 1.95. The first-order valence-electron chi connectivity index (χ1n) is 8.52. The number of likely N-dealkylation sites (N-methyl/N-ethyl adjacent to an activating group) is 1. The summed E-state index contributed by atoms with van der Waals surface area (Å²) >= 11 is 0. The first-order chi connectivity index (χ1) is 11.8. The molecule has 1 aliphatic rings. The van der Waals surface area contributed by atoms with Crippen molar-refractivity contribution >= 4 is 15.9 Å². The maximum atomic E-state index is 12.5. The van der Waals surface area contributed by atoms with Crippen molar-refractivity contribution < 1.29 is 13.2 Å². The van der Waals surface area contributed by atoms with Crippen molar-refractivity contribution in [3.05, 3.63) is 29.8 Å². The number of carbonyl (C=O) groups excluding carboxylic acids is 1. The van der Waals surface area contributed by atoms with Gasteiger partial charge in [-0.25, -0.2) is 13.1 Å². The minimum Gasteiger partial charge on any atom is -0.336 e. The van der Waals surface area contributed by atoms with Gasteiger partial charge in [0.2, 0.25) is 10.0 Å². The lowest BCUT2D eigenvalue weighted by molar-refractivity contribution is 0.0664. The van der Waals surface area contributed by atoms with E-state index in [1.54, 1.807) is 12.1 Å². The van der Waals surface area contributed by atoms with Gasteiger partial charge in [0, 0.05) is 38.3 Å². The molecule has 0 unspecified atom stereocenters. The lowest BCUT2D eigenvalue weighted by Gasteiger charge is -2.32. The molecule has 0 aliphatic carbocycles. The number of rotatable bonds is 7. The van der Waals surface area contributed by atoms with Gasteiger partial charge in [-0.3, -0.25) is 4.79 Å². The van der Waals surface area contributed by atoms with Crippen LogP contribution in [0.5, 0.6) is 0 Å². The molecule has 0 saturated carbocycles. The molecule has 1 amide bonds. The Morgan fingerprint density at radius 1 is 1.12 bits per heavy atom. The van der Waals surface area contributed by atoms with E-state index >= 15 is 0 Å². The molecule has 1 N–H and O–H groups in total. The summed E-state index contributed by atoms with van der Waals surface area (Å²) < 4.78 is 27.1. The van der Waals surface area contributed by atoms with Gasteiger partial charge in [0.05, 0.1) is 4.90 Å². The summed E-state index contributed by atoms with van der Waals surface area (Å²) in [4.78, 5) is 18.7. The van der Waals surface area contributed by atoms with E-state index < -0.39 is 10.0 Å². The predicted molar refractivity (Wildman–Crippen MR) is 98.2 cm³/mol. The van der Waals surface area contributed by atoms with E-state index in [0.717, 1.165) is 26.1 Å². The largest absolute Gasteiger partial charge is 0.336 e. The van der Waals surface area contributed by atoms with Gasteiger partial charge in [-0.2, -0.15) is 0 Å². The SMILES string of the molecule is CN(C)CCCNS(=O)(=O)c1ccc(C(=O)N2CCN(C)CC2)cc1. The number of hydrogen-bond acceptors (Lipinski definition) is 5. The van der Waals surface area contributed by atoms with Gasteiger partial charge >= 0.3 is 0 Å². The molecule has 0 radical (unpaired) electrons. The van der Waals surface area contributed by atoms with E-state index in [0.29, 0.717) is 25.2 Å². The molecule has 1 heterocycles. The van der Waals surface area contributed by atoms with Gasteiger partial charge in [0.1, 0.15) is 0 Å². The minimum atomic E-state index is -3.53. The third kappa shape index (κ3) is 5.78. The van der Waals surface area contributed by atoms with Crippen LogP contribution in [-0.2, 0) is 10.0 Å². The summed E-state index contributed by atoms with van der Waals surface area (Å²) in [6.07, 6.45) is 0.742. The second kappa shape index (κ2) is 8.75. The number of nitrogens with one attached hydrogen (secondary N) is 1. The molecular weight excluding hydrogens is 340 g/mol. The molecule has 0 atom stereocenters. The number of carbonyl (C=O) groups is 1. The number of nitrogens with zero attached hydrogens (tertiary/aromatic N) is 3. The number of sulfonamides is 1. The summed E-state index contributed by atoms with van der Waals surface area (Å²) in [6.45, 7) is 4.32. The summed E-state index contributed by atoms with van der Waals surface area (Å²) in [5.74, 6) is -0.0454. The fraction of sp³-hybridized carbons (Fsp3) is 0.588. The molecule has 140 valence electrons. The highest BCUT2D eigenvalue weighted by Gasteiger charge is 2.21. The molecule has 2 rings (SSSR count). The monoisotopic (exact) mass is 368 g/mol. The summed E-state index contributed by atoms with van der Waals surface area (Å²) in [6, 6.07) is 6.18. The van der Waals surface area contributed by atoms with E-state index in [1.807, 2.05) is 30.9 Å². The van der Waals surface area contributed by atoms with Gasteiger partial charge in [-0.05, 0) is 58.4 Å². The van der Waals surface area contributed by atoms with Crippen molar-refractivity contribution in [2.45, 2.75) is 11.3 Å². The topological polar surface area (TPSA) is 73.0 Å². The third-order valence-electron chi connectivity index (χ3n) is 4.28. The standard InChI is InChI=1S/C17H28N4O3S/c1-19(2)10-4-9-18-25(23,24)16-7-5-15(6-8-16)17(22)21-13-11-20(3)12-14-21/h5-8,18H,4,9-14H2,1-3H3. The van der Waals surface area contributed by atoms with Crippen molar-refractivity contribution in [3.63, 3.8) is 0 Å². The summed E-state index contributed by atoms with van der Waals surface area (Å²) in [5, 5.41) is 0. The Bertz CT molecular complexity index is 666. The summed E-state index contributed by atoms with van der Waals surface area (Å²) in [5.41, 5.74) is 0.524. The molecule has 7 nitrogen and oxygen atoms in total. The first-order valence-corrected chi connectivity index (χ1v) is 10.0. The van der Waals surface area contributed by atoms with Crippen molar-refractivity contribution in [2.24, 2.45) is 0 Å². The normalized spacial score (nSPS) is 16.4. The maximum absolute atomic E-state index is 12.5. The van der Waals surface area contributed by atoms with Crippen molar-refractivity contribution in [3.8, 4) is 0 Å². The highest BCUT2D eigenvalue weighted by molar-refractivity contribution is 7.89. The number of piperazine rings is 1. The zero-order valence-corrected chi connectivity index (χ0v) is 16.1.